The number of likely N-dealkylation sites (tertiary alicyclic amines) is 1. The number of amides is 1. The Morgan fingerprint density at radius 1 is 1.27 bits per heavy atom. The summed E-state index contributed by atoms with van der Waals surface area (Å²) in [6, 6.07) is 5.27. The van der Waals surface area contributed by atoms with Crippen LogP contribution in [0, 0.1) is 5.82 Å². The fraction of sp³-hybridized carbons (Fsp3) is 0.500. The number of hydrogen-bond donors (Lipinski definition) is 2. The summed E-state index contributed by atoms with van der Waals surface area (Å²) in [5.41, 5.74) is 5.68. The van der Waals surface area contributed by atoms with Crippen LogP contribution in [0.1, 0.15) is 18.4 Å². The van der Waals surface area contributed by atoms with Crippen molar-refractivity contribution in [3.63, 3.8) is 0 Å². The Kier molecular flexibility index (Phi) is 5.49. The second kappa shape index (κ2) is 7.17. The zero-order chi connectivity index (χ0) is 16.2. The molecule has 1 aromatic rings. The Morgan fingerprint density at radius 3 is 2.41 bits per heavy atom. The summed E-state index contributed by atoms with van der Waals surface area (Å²) in [6.07, 6.45) is 1.27. The molecule has 8 heteroatoms. The Bertz CT molecular complexity index is 611. The van der Waals surface area contributed by atoms with Crippen LogP contribution in [0.5, 0.6) is 0 Å². The van der Waals surface area contributed by atoms with Crippen LogP contribution in [0.2, 0.25) is 0 Å². The highest BCUT2D eigenvalue weighted by Crippen LogP contribution is 2.13. The molecule has 0 saturated carbocycles. The zero-order valence-electron chi connectivity index (χ0n) is 12.2. The van der Waals surface area contributed by atoms with Gasteiger partial charge in [0.25, 0.3) is 0 Å². The van der Waals surface area contributed by atoms with Crippen molar-refractivity contribution in [1.82, 2.24) is 9.62 Å². The van der Waals surface area contributed by atoms with Crippen molar-refractivity contribution in [3.05, 3.63) is 35.6 Å². The molecular formula is C14H20FN3O3S. The van der Waals surface area contributed by atoms with Crippen LogP contribution >= 0.6 is 0 Å². The van der Waals surface area contributed by atoms with E-state index < -0.39 is 15.8 Å². The topological polar surface area (TPSA) is 92.5 Å². The third-order valence-electron chi connectivity index (χ3n) is 3.58. The predicted molar refractivity (Wildman–Crippen MR) is 80.8 cm³/mol. The maximum atomic E-state index is 12.8. The molecule has 1 aliphatic heterocycles. The van der Waals surface area contributed by atoms with Crippen LogP contribution < -0.4 is 10.5 Å². The number of piperidine rings is 1. The molecule has 0 radical (unpaired) electrons. The number of hydrogen-bond acceptors (Lipinski definition) is 4. The Labute approximate surface area is 129 Å². The molecule has 3 N–H and O–H groups in total. The molecule has 0 atom stereocenters. The van der Waals surface area contributed by atoms with Gasteiger partial charge in [-0.15, -0.1) is 0 Å². The first kappa shape index (κ1) is 16.9. The highest BCUT2D eigenvalue weighted by Gasteiger charge is 2.24. The number of halogens is 1. The minimum atomic E-state index is -3.47. The largest absolute Gasteiger partial charge is 0.369 e. The Hall–Kier alpha value is -1.51. The number of carbonyl (C=O) groups is 1. The van der Waals surface area contributed by atoms with Gasteiger partial charge in [0.1, 0.15) is 5.82 Å². The van der Waals surface area contributed by atoms with Gasteiger partial charge in [-0.05, 0) is 30.5 Å². The van der Waals surface area contributed by atoms with E-state index in [1.54, 1.807) is 0 Å². The summed E-state index contributed by atoms with van der Waals surface area (Å²) in [7, 11) is -3.47. The second-order valence-electron chi connectivity index (χ2n) is 5.52. The Morgan fingerprint density at radius 2 is 1.86 bits per heavy atom. The second-order valence-corrected chi connectivity index (χ2v) is 7.27. The Balaban J connectivity index is 1.85. The number of primary amides is 1. The highest BCUT2D eigenvalue weighted by molar-refractivity contribution is 7.88. The van der Waals surface area contributed by atoms with Gasteiger partial charge in [-0.3, -0.25) is 9.69 Å². The van der Waals surface area contributed by atoms with E-state index in [0.717, 1.165) is 0 Å². The number of benzene rings is 1. The van der Waals surface area contributed by atoms with Crippen LogP contribution in [0.4, 0.5) is 4.39 Å². The summed E-state index contributed by atoms with van der Waals surface area (Å²) in [4.78, 5) is 12.8. The molecule has 122 valence electrons. The summed E-state index contributed by atoms with van der Waals surface area (Å²) in [6.45, 7) is 1.47. The maximum Gasteiger partial charge on any atom is 0.231 e. The maximum absolute atomic E-state index is 12.8. The molecule has 1 fully saturated rings. The average molecular weight is 329 g/mol. The fourth-order valence-electron chi connectivity index (χ4n) is 2.52. The quantitative estimate of drug-likeness (QED) is 0.779. The molecule has 0 unspecified atom stereocenters. The molecule has 1 aromatic carbocycles. The van der Waals surface area contributed by atoms with E-state index >= 15 is 0 Å². The van der Waals surface area contributed by atoms with Gasteiger partial charge in [-0.2, -0.15) is 0 Å². The standard InChI is InChI=1S/C14H20FN3O3S/c15-12-3-1-11(2-4-12)10-22(20,21)17-13-5-7-18(8-6-13)9-14(16)19/h1-4,13,17H,5-10H2,(H2,16,19). The molecule has 0 aliphatic carbocycles. The van der Waals surface area contributed by atoms with Crippen LogP contribution in [-0.2, 0) is 20.6 Å². The third-order valence-corrected chi connectivity index (χ3v) is 4.99. The van der Waals surface area contributed by atoms with E-state index in [1.807, 2.05) is 4.90 Å². The molecule has 0 aromatic heterocycles. The average Bonchev–Trinajstić information content (AvgIpc) is 2.42. The van der Waals surface area contributed by atoms with Gasteiger partial charge in [-0.1, -0.05) is 12.1 Å². The summed E-state index contributed by atoms with van der Waals surface area (Å²) in [5, 5.41) is 0. The van der Waals surface area contributed by atoms with Gasteiger partial charge in [0.05, 0.1) is 12.3 Å². The minimum absolute atomic E-state index is 0.144. The molecule has 6 nitrogen and oxygen atoms in total. The number of rotatable bonds is 6. The van der Waals surface area contributed by atoms with Gasteiger partial charge in [0, 0.05) is 19.1 Å². The van der Waals surface area contributed by atoms with Gasteiger partial charge in [0.15, 0.2) is 0 Å². The summed E-state index contributed by atoms with van der Waals surface area (Å²) >= 11 is 0. The van der Waals surface area contributed by atoms with Gasteiger partial charge >= 0.3 is 0 Å². The number of nitrogens with two attached hydrogens (primary N) is 1. The molecule has 2 rings (SSSR count). The van der Waals surface area contributed by atoms with Gasteiger partial charge in [0.2, 0.25) is 15.9 Å². The van der Waals surface area contributed by atoms with E-state index in [9.17, 15) is 17.6 Å². The zero-order valence-corrected chi connectivity index (χ0v) is 13.0. The monoisotopic (exact) mass is 329 g/mol. The van der Waals surface area contributed by atoms with Gasteiger partial charge < -0.3 is 5.73 Å². The van der Waals surface area contributed by atoms with Crippen LogP contribution in [-0.4, -0.2) is 44.9 Å². The number of nitrogens with one attached hydrogen (secondary N) is 1. The van der Waals surface area contributed by atoms with E-state index in [1.165, 1.54) is 24.3 Å². The van der Waals surface area contributed by atoms with Crippen molar-refractivity contribution < 1.29 is 17.6 Å². The van der Waals surface area contributed by atoms with Gasteiger partial charge in [-0.25, -0.2) is 17.5 Å². The first-order valence-electron chi connectivity index (χ1n) is 7.09. The van der Waals surface area contributed by atoms with E-state index in [-0.39, 0.29) is 24.2 Å². The van der Waals surface area contributed by atoms with Crippen LogP contribution in [0.3, 0.4) is 0 Å². The van der Waals surface area contributed by atoms with E-state index in [2.05, 4.69) is 4.72 Å². The molecular weight excluding hydrogens is 309 g/mol. The molecule has 0 spiro atoms. The van der Waals surface area contributed by atoms with Crippen molar-refractivity contribution in [2.45, 2.75) is 24.6 Å². The van der Waals surface area contributed by atoms with Crippen molar-refractivity contribution in [2.75, 3.05) is 19.6 Å². The third kappa shape index (κ3) is 5.36. The highest BCUT2D eigenvalue weighted by atomic mass is 32.2. The van der Waals surface area contributed by atoms with Crippen molar-refractivity contribution in [3.8, 4) is 0 Å². The van der Waals surface area contributed by atoms with E-state index in [0.29, 0.717) is 31.5 Å². The van der Waals surface area contributed by atoms with Crippen LogP contribution in [0.15, 0.2) is 24.3 Å². The predicted octanol–water partition coefficient (Wildman–Crippen LogP) is 0.195. The lowest BCUT2D eigenvalue weighted by atomic mass is 10.1. The fourth-order valence-corrected chi connectivity index (χ4v) is 3.98. The molecule has 1 amide bonds. The lowest BCUT2D eigenvalue weighted by Crippen LogP contribution is -2.46. The van der Waals surface area contributed by atoms with Crippen LogP contribution in [0.25, 0.3) is 0 Å². The molecule has 1 heterocycles. The number of nitrogens with zero attached hydrogens (tertiary/aromatic N) is 1. The lowest BCUT2D eigenvalue weighted by molar-refractivity contribution is -0.119. The molecule has 0 bridgehead atoms. The van der Waals surface area contributed by atoms with Crippen molar-refractivity contribution in [2.24, 2.45) is 5.73 Å². The number of carbonyl (C=O) groups excluding carboxylic acids is 1. The summed E-state index contributed by atoms with van der Waals surface area (Å²) in [5.74, 6) is -0.944. The smallest absolute Gasteiger partial charge is 0.231 e. The molecule has 1 saturated heterocycles. The minimum Gasteiger partial charge on any atom is -0.369 e. The first-order chi connectivity index (χ1) is 10.3. The van der Waals surface area contributed by atoms with Crippen molar-refractivity contribution in [1.29, 1.82) is 0 Å². The first-order valence-corrected chi connectivity index (χ1v) is 8.74. The molecule has 22 heavy (non-hydrogen) atoms. The molecule has 1 aliphatic rings. The van der Waals surface area contributed by atoms with Crippen molar-refractivity contribution >= 4 is 15.9 Å². The summed E-state index contributed by atoms with van der Waals surface area (Å²) < 4.78 is 39.7. The lowest BCUT2D eigenvalue weighted by Gasteiger charge is -2.31. The normalized spacial score (nSPS) is 17.5. The number of sulfonamides is 1. The SMILES string of the molecule is NC(=O)CN1CCC(NS(=O)(=O)Cc2ccc(F)cc2)CC1. The van der Waals surface area contributed by atoms with E-state index in [4.69, 9.17) is 5.73 Å².